The van der Waals surface area contributed by atoms with Gasteiger partial charge < -0.3 is 14.9 Å². The number of carbonyl (C=O) groups excluding carboxylic acids is 1. The molecule has 0 spiro atoms. The van der Waals surface area contributed by atoms with Crippen molar-refractivity contribution >= 4 is 5.97 Å². The predicted octanol–water partition coefficient (Wildman–Crippen LogP) is 3.28. The van der Waals surface area contributed by atoms with Crippen LogP contribution in [0.3, 0.4) is 0 Å². The highest BCUT2D eigenvalue weighted by Gasteiger charge is 2.19. The summed E-state index contributed by atoms with van der Waals surface area (Å²) in [5.41, 5.74) is 6.53. The average Bonchev–Trinajstić information content (AvgIpc) is 2.63. The molecule has 0 aliphatic rings. The standard InChI is InChI=1S/C22H29NO4/c1-14-15(2)23-16(3)20(22(14)17-8-6-5-7-9-17)11-10-18(24)12-19(25)13-21(26)27-4/h5-9,18-19,24-25H,10-13H2,1-4H3. The van der Waals surface area contributed by atoms with Crippen LogP contribution in [0.1, 0.15) is 41.8 Å². The van der Waals surface area contributed by atoms with E-state index < -0.39 is 18.2 Å². The minimum absolute atomic E-state index is 0.104. The molecule has 5 nitrogen and oxygen atoms in total. The number of esters is 1. The lowest BCUT2D eigenvalue weighted by atomic mass is 9.90. The second-order valence-electron chi connectivity index (χ2n) is 6.99. The number of benzene rings is 1. The maximum absolute atomic E-state index is 11.2. The van der Waals surface area contributed by atoms with Gasteiger partial charge in [0.1, 0.15) is 0 Å². The lowest BCUT2D eigenvalue weighted by Crippen LogP contribution is -2.22. The Kier molecular flexibility index (Phi) is 7.51. The third-order valence-corrected chi connectivity index (χ3v) is 4.96. The van der Waals surface area contributed by atoms with Crippen molar-refractivity contribution in [2.24, 2.45) is 0 Å². The van der Waals surface area contributed by atoms with E-state index in [0.29, 0.717) is 12.8 Å². The summed E-state index contributed by atoms with van der Waals surface area (Å²) in [7, 11) is 1.28. The second-order valence-corrected chi connectivity index (χ2v) is 6.99. The molecule has 0 radical (unpaired) electrons. The quantitative estimate of drug-likeness (QED) is 0.696. The Bertz CT molecular complexity index is 774. The van der Waals surface area contributed by atoms with Crippen LogP contribution in [-0.2, 0) is 16.0 Å². The number of aliphatic hydroxyl groups is 2. The molecule has 5 heteroatoms. The number of methoxy groups -OCH3 is 1. The van der Waals surface area contributed by atoms with Crippen molar-refractivity contribution in [1.29, 1.82) is 0 Å². The van der Waals surface area contributed by atoms with E-state index >= 15 is 0 Å². The number of pyridine rings is 1. The molecule has 0 aliphatic heterocycles. The predicted molar refractivity (Wildman–Crippen MR) is 105 cm³/mol. The third kappa shape index (κ3) is 5.62. The van der Waals surface area contributed by atoms with Crippen LogP contribution in [0.2, 0.25) is 0 Å². The first kappa shape index (κ1) is 21.1. The number of hydrogen-bond acceptors (Lipinski definition) is 5. The van der Waals surface area contributed by atoms with Gasteiger partial charge in [0.25, 0.3) is 0 Å². The summed E-state index contributed by atoms with van der Waals surface area (Å²) >= 11 is 0. The van der Waals surface area contributed by atoms with Gasteiger partial charge in [0, 0.05) is 11.4 Å². The van der Waals surface area contributed by atoms with Gasteiger partial charge in [-0.05, 0) is 62.3 Å². The summed E-state index contributed by atoms with van der Waals surface area (Å²) in [6, 6.07) is 10.2. The lowest BCUT2D eigenvalue weighted by molar-refractivity contribution is -0.143. The van der Waals surface area contributed by atoms with Gasteiger partial charge in [0.15, 0.2) is 0 Å². The molecule has 0 saturated carbocycles. The molecule has 2 N–H and O–H groups in total. The topological polar surface area (TPSA) is 79.7 Å². The summed E-state index contributed by atoms with van der Waals surface area (Å²) in [5.74, 6) is -0.477. The molecule has 2 rings (SSSR count). The van der Waals surface area contributed by atoms with Crippen LogP contribution < -0.4 is 0 Å². The molecule has 0 amide bonds. The van der Waals surface area contributed by atoms with Gasteiger partial charge in [-0.15, -0.1) is 0 Å². The van der Waals surface area contributed by atoms with Gasteiger partial charge in [0.05, 0.1) is 25.7 Å². The zero-order valence-electron chi connectivity index (χ0n) is 16.5. The van der Waals surface area contributed by atoms with Crippen LogP contribution >= 0.6 is 0 Å². The number of ether oxygens (including phenoxy) is 1. The summed E-state index contributed by atoms with van der Waals surface area (Å²) in [4.78, 5) is 15.9. The Hall–Kier alpha value is -2.24. The maximum atomic E-state index is 11.2. The fraction of sp³-hybridized carbons (Fsp3) is 0.455. The minimum atomic E-state index is -0.903. The van der Waals surface area contributed by atoms with E-state index in [9.17, 15) is 15.0 Å². The van der Waals surface area contributed by atoms with Gasteiger partial charge in [-0.1, -0.05) is 30.3 Å². The van der Waals surface area contributed by atoms with E-state index in [2.05, 4.69) is 28.8 Å². The number of nitrogens with zero attached hydrogens (tertiary/aromatic N) is 1. The molecule has 2 unspecified atom stereocenters. The molecule has 0 fully saturated rings. The van der Waals surface area contributed by atoms with Crippen LogP contribution in [0.15, 0.2) is 30.3 Å². The van der Waals surface area contributed by atoms with Crippen LogP contribution in [0, 0.1) is 20.8 Å². The lowest BCUT2D eigenvalue weighted by Gasteiger charge is -2.19. The first-order valence-electron chi connectivity index (χ1n) is 9.28. The van der Waals surface area contributed by atoms with Crippen molar-refractivity contribution < 1.29 is 19.7 Å². The molecular formula is C22H29NO4. The monoisotopic (exact) mass is 371 g/mol. The Morgan fingerprint density at radius 2 is 1.74 bits per heavy atom. The van der Waals surface area contributed by atoms with Crippen molar-refractivity contribution in [3.63, 3.8) is 0 Å². The van der Waals surface area contributed by atoms with E-state index in [1.54, 1.807) is 0 Å². The number of hydrogen-bond donors (Lipinski definition) is 2. The van der Waals surface area contributed by atoms with E-state index in [0.717, 1.165) is 28.1 Å². The highest BCUT2D eigenvalue weighted by molar-refractivity contribution is 5.72. The molecule has 0 bridgehead atoms. The summed E-state index contributed by atoms with van der Waals surface area (Å²) in [5, 5.41) is 20.2. The highest BCUT2D eigenvalue weighted by atomic mass is 16.5. The van der Waals surface area contributed by atoms with Crippen LogP contribution in [-0.4, -0.2) is 40.5 Å². The Morgan fingerprint density at radius 1 is 1.07 bits per heavy atom. The first-order valence-corrected chi connectivity index (χ1v) is 9.28. The minimum Gasteiger partial charge on any atom is -0.469 e. The van der Waals surface area contributed by atoms with Crippen molar-refractivity contribution in [2.45, 2.75) is 58.7 Å². The van der Waals surface area contributed by atoms with Crippen LogP contribution in [0.4, 0.5) is 0 Å². The average molecular weight is 371 g/mol. The fourth-order valence-corrected chi connectivity index (χ4v) is 3.39. The van der Waals surface area contributed by atoms with E-state index in [1.165, 1.54) is 12.7 Å². The van der Waals surface area contributed by atoms with Crippen molar-refractivity contribution in [2.75, 3.05) is 7.11 Å². The number of aryl methyl sites for hydroxylation is 2. The van der Waals surface area contributed by atoms with Gasteiger partial charge in [-0.25, -0.2) is 0 Å². The zero-order valence-corrected chi connectivity index (χ0v) is 16.5. The van der Waals surface area contributed by atoms with Crippen molar-refractivity contribution in [3.05, 3.63) is 52.8 Å². The third-order valence-electron chi connectivity index (χ3n) is 4.96. The number of rotatable bonds is 8. The van der Waals surface area contributed by atoms with Crippen LogP contribution in [0.25, 0.3) is 11.1 Å². The summed E-state index contributed by atoms with van der Waals surface area (Å²) in [6.07, 6.45) is -0.422. The molecular weight excluding hydrogens is 342 g/mol. The van der Waals surface area contributed by atoms with Crippen molar-refractivity contribution in [1.82, 2.24) is 4.98 Å². The van der Waals surface area contributed by atoms with Gasteiger partial charge in [-0.2, -0.15) is 0 Å². The van der Waals surface area contributed by atoms with Gasteiger partial charge in [0.2, 0.25) is 0 Å². The zero-order chi connectivity index (χ0) is 20.0. The molecule has 27 heavy (non-hydrogen) atoms. The summed E-state index contributed by atoms with van der Waals surface area (Å²) < 4.78 is 4.55. The molecule has 146 valence electrons. The molecule has 1 aromatic heterocycles. The van der Waals surface area contributed by atoms with Gasteiger partial charge >= 0.3 is 5.97 Å². The molecule has 2 atom stereocenters. The largest absolute Gasteiger partial charge is 0.469 e. The SMILES string of the molecule is COC(=O)CC(O)CC(O)CCc1c(C)nc(C)c(C)c1-c1ccccc1. The Morgan fingerprint density at radius 3 is 2.37 bits per heavy atom. The number of carbonyl (C=O) groups is 1. The fourth-order valence-electron chi connectivity index (χ4n) is 3.39. The van der Waals surface area contributed by atoms with E-state index in [4.69, 9.17) is 0 Å². The van der Waals surface area contributed by atoms with Crippen molar-refractivity contribution in [3.8, 4) is 11.1 Å². The smallest absolute Gasteiger partial charge is 0.308 e. The number of aromatic nitrogens is 1. The molecule has 0 saturated heterocycles. The van der Waals surface area contributed by atoms with E-state index in [-0.39, 0.29) is 12.8 Å². The Labute approximate surface area is 161 Å². The first-order chi connectivity index (χ1) is 12.8. The number of aliphatic hydroxyl groups excluding tert-OH is 2. The Balaban J connectivity index is 2.17. The normalized spacial score (nSPS) is 13.3. The second kappa shape index (κ2) is 9.62. The molecule has 1 heterocycles. The van der Waals surface area contributed by atoms with Gasteiger partial charge in [-0.3, -0.25) is 9.78 Å². The molecule has 0 aliphatic carbocycles. The molecule has 1 aromatic carbocycles. The molecule has 2 aromatic rings. The summed E-state index contributed by atoms with van der Waals surface area (Å²) in [6.45, 7) is 6.08. The van der Waals surface area contributed by atoms with Crippen LogP contribution in [0.5, 0.6) is 0 Å². The maximum Gasteiger partial charge on any atom is 0.308 e. The highest BCUT2D eigenvalue weighted by Crippen LogP contribution is 2.31. The van der Waals surface area contributed by atoms with E-state index in [1.807, 2.05) is 32.0 Å².